The van der Waals surface area contributed by atoms with Gasteiger partial charge < -0.3 is 4.90 Å². The summed E-state index contributed by atoms with van der Waals surface area (Å²) in [5.41, 5.74) is 0.280. The largest absolute Gasteiger partial charge is 0.334 e. The third kappa shape index (κ3) is 2.62. The third-order valence-corrected chi connectivity index (χ3v) is 3.61. The van der Waals surface area contributed by atoms with E-state index in [-0.39, 0.29) is 16.6 Å². The molecule has 1 aliphatic rings. The lowest BCUT2D eigenvalue weighted by atomic mass is 9.99. The van der Waals surface area contributed by atoms with E-state index in [1.54, 1.807) is 4.90 Å². The summed E-state index contributed by atoms with van der Waals surface area (Å²) in [6.45, 7) is 6.47. The van der Waals surface area contributed by atoms with Gasteiger partial charge in [0.25, 0.3) is 5.91 Å². The van der Waals surface area contributed by atoms with Crippen molar-refractivity contribution in [2.75, 3.05) is 26.7 Å². The van der Waals surface area contributed by atoms with Crippen molar-refractivity contribution >= 4 is 17.5 Å². The summed E-state index contributed by atoms with van der Waals surface area (Å²) in [6.07, 6.45) is 2.88. The van der Waals surface area contributed by atoms with Crippen LogP contribution >= 0.6 is 11.6 Å². The van der Waals surface area contributed by atoms with E-state index in [2.05, 4.69) is 35.8 Å². The molecule has 6 heteroatoms. The molecular weight excluding hydrogens is 252 g/mol. The molecule has 98 valence electrons. The fourth-order valence-electron chi connectivity index (χ4n) is 2.02. The molecule has 0 bridgehead atoms. The minimum atomic E-state index is -0.105. The molecule has 0 N–H and O–H groups in total. The van der Waals surface area contributed by atoms with Crippen LogP contribution < -0.4 is 0 Å². The van der Waals surface area contributed by atoms with Gasteiger partial charge in [0.15, 0.2) is 0 Å². The first kappa shape index (κ1) is 13.2. The van der Waals surface area contributed by atoms with Crippen molar-refractivity contribution in [1.82, 2.24) is 19.8 Å². The normalized spacial score (nSPS) is 19.9. The molecule has 0 aliphatic carbocycles. The first-order chi connectivity index (χ1) is 8.40. The van der Waals surface area contributed by atoms with Gasteiger partial charge in [-0.05, 0) is 20.9 Å². The van der Waals surface area contributed by atoms with Crippen molar-refractivity contribution in [3.8, 4) is 0 Å². The number of nitrogens with zero attached hydrogens (tertiary/aromatic N) is 4. The van der Waals surface area contributed by atoms with Crippen LogP contribution in [0.2, 0.25) is 5.15 Å². The van der Waals surface area contributed by atoms with E-state index >= 15 is 0 Å². The zero-order valence-electron chi connectivity index (χ0n) is 10.9. The molecule has 1 aliphatic heterocycles. The minimum absolute atomic E-state index is 0.0279. The van der Waals surface area contributed by atoms with Crippen molar-refractivity contribution in [3.05, 3.63) is 23.2 Å². The molecule has 1 fully saturated rings. The third-order valence-electron chi connectivity index (χ3n) is 3.43. The highest BCUT2D eigenvalue weighted by Crippen LogP contribution is 2.20. The quantitative estimate of drug-likeness (QED) is 0.770. The van der Waals surface area contributed by atoms with Gasteiger partial charge in [-0.15, -0.1) is 0 Å². The number of rotatable bonds is 1. The Morgan fingerprint density at radius 3 is 2.72 bits per heavy atom. The van der Waals surface area contributed by atoms with Crippen LogP contribution in [0.25, 0.3) is 0 Å². The average molecular weight is 269 g/mol. The lowest BCUT2D eigenvalue weighted by molar-refractivity contribution is 0.0307. The Hall–Kier alpha value is -1.20. The molecule has 1 aromatic heterocycles. The van der Waals surface area contributed by atoms with Gasteiger partial charge >= 0.3 is 0 Å². The number of hydrogen-bond acceptors (Lipinski definition) is 4. The fraction of sp³-hybridized carbons (Fsp3) is 0.583. The van der Waals surface area contributed by atoms with Crippen molar-refractivity contribution in [2.45, 2.75) is 19.4 Å². The van der Waals surface area contributed by atoms with Crippen LogP contribution in [0.5, 0.6) is 0 Å². The van der Waals surface area contributed by atoms with E-state index in [4.69, 9.17) is 11.6 Å². The van der Waals surface area contributed by atoms with Crippen molar-refractivity contribution < 1.29 is 4.79 Å². The Balaban J connectivity index is 2.15. The first-order valence-corrected chi connectivity index (χ1v) is 6.26. The highest BCUT2D eigenvalue weighted by molar-refractivity contribution is 6.29. The number of aromatic nitrogens is 2. The van der Waals surface area contributed by atoms with Crippen LogP contribution in [0.3, 0.4) is 0 Å². The van der Waals surface area contributed by atoms with Crippen molar-refractivity contribution in [1.29, 1.82) is 0 Å². The summed E-state index contributed by atoms with van der Waals surface area (Å²) in [7, 11) is 2.07. The van der Waals surface area contributed by atoms with Crippen LogP contribution in [-0.2, 0) is 0 Å². The second kappa shape index (κ2) is 4.82. The summed E-state index contributed by atoms with van der Waals surface area (Å²) < 4.78 is 0. The number of likely N-dealkylation sites (N-methyl/N-ethyl adjacent to an activating group) is 1. The van der Waals surface area contributed by atoms with Crippen LogP contribution in [0.15, 0.2) is 12.4 Å². The van der Waals surface area contributed by atoms with Gasteiger partial charge in [-0.2, -0.15) is 0 Å². The SMILES string of the molecule is CN1CCN(C(=O)c2cncc(Cl)n2)CC1(C)C. The molecule has 0 radical (unpaired) electrons. The maximum atomic E-state index is 12.3. The van der Waals surface area contributed by atoms with Gasteiger partial charge in [0, 0.05) is 25.2 Å². The molecule has 1 aromatic rings. The molecule has 1 saturated heterocycles. The fourth-order valence-corrected chi connectivity index (χ4v) is 2.17. The zero-order valence-corrected chi connectivity index (χ0v) is 11.6. The Morgan fingerprint density at radius 1 is 1.39 bits per heavy atom. The Bertz CT molecular complexity index is 463. The van der Waals surface area contributed by atoms with Crippen LogP contribution in [0.1, 0.15) is 24.3 Å². The van der Waals surface area contributed by atoms with Crippen LogP contribution in [0, 0.1) is 0 Å². The summed E-state index contributed by atoms with van der Waals surface area (Å²) in [4.78, 5) is 24.3. The van der Waals surface area contributed by atoms with Crippen molar-refractivity contribution in [3.63, 3.8) is 0 Å². The number of carbonyl (C=O) groups is 1. The standard InChI is InChI=1S/C12H17ClN4O/c1-12(2)8-17(5-4-16(12)3)11(18)9-6-14-7-10(13)15-9/h6-7H,4-5,8H2,1-3H3. The summed E-state index contributed by atoms with van der Waals surface area (Å²) in [6, 6.07) is 0. The Labute approximate surface area is 112 Å². The van der Waals surface area contributed by atoms with Gasteiger partial charge in [-0.3, -0.25) is 14.7 Å². The molecule has 18 heavy (non-hydrogen) atoms. The molecule has 0 aromatic carbocycles. The monoisotopic (exact) mass is 268 g/mol. The molecule has 2 heterocycles. The molecule has 0 unspecified atom stereocenters. The average Bonchev–Trinajstić information content (AvgIpc) is 2.31. The number of amides is 1. The lowest BCUT2D eigenvalue weighted by Gasteiger charge is -2.45. The zero-order chi connectivity index (χ0) is 13.3. The molecule has 1 amide bonds. The first-order valence-electron chi connectivity index (χ1n) is 5.88. The van der Waals surface area contributed by atoms with E-state index < -0.39 is 0 Å². The van der Waals surface area contributed by atoms with E-state index in [1.807, 2.05) is 0 Å². The number of carbonyl (C=O) groups excluding carboxylic acids is 1. The van der Waals surface area contributed by atoms with Gasteiger partial charge in [0.05, 0.1) is 12.4 Å². The van der Waals surface area contributed by atoms with E-state index in [0.717, 1.165) is 6.54 Å². The molecular formula is C12H17ClN4O. The topological polar surface area (TPSA) is 49.3 Å². The maximum absolute atomic E-state index is 12.3. The second-order valence-electron chi connectivity index (χ2n) is 5.19. The van der Waals surface area contributed by atoms with Crippen molar-refractivity contribution in [2.24, 2.45) is 0 Å². The van der Waals surface area contributed by atoms with Crippen LogP contribution in [0.4, 0.5) is 0 Å². The smallest absolute Gasteiger partial charge is 0.274 e. The summed E-state index contributed by atoms with van der Waals surface area (Å²) in [5.74, 6) is -0.105. The van der Waals surface area contributed by atoms with Gasteiger partial charge in [0.1, 0.15) is 10.8 Å². The second-order valence-corrected chi connectivity index (χ2v) is 5.57. The molecule has 0 atom stereocenters. The predicted molar refractivity (Wildman–Crippen MR) is 69.7 cm³/mol. The highest BCUT2D eigenvalue weighted by Gasteiger charge is 2.33. The number of halogens is 1. The summed E-state index contributed by atoms with van der Waals surface area (Å²) >= 11 is 5.75. The predicted octanol–water partition coefficient (Wildman–Crippen LogP) is 1.30. The Kier molecular flexibility index (Phi) is 3.54. The number of hydrogen-bond donors (Lipinski definition) is 0. The lowest BCUT2D eigenvalue weighted by Crippen LogP contribution is -2.58. The Morgan fingerprint density at radius 2 is 2.11 bits per heavy atom. The van der Waals surface area contributed by atoms with Gasteiger partial charge in [-0.25, -0.2) is 4.98 Å². The maximum Gasteiger partial charge on any atom is 0.274 e. The molecule has 0 spiro atoms. The number of piperazine rings is 1. The molecule has 2 rings (SSSR count). The minimum Gasteiger partial charge on any atom is -0.334 e. The van der Waals surface area contributed by atoms with E-state index in [9.17, 15) is 4.79 Å². The van der Waals surface area contributed by atoms with Crippen LogP contribution in [-0.4, -0.2) is 57.9 Å². The summed E-state index contributed by atoms with van der Waals surface area (Å²) in [5, 5.41) is 0.245. The molecule has 0 saturated carbocycles. The molecule has 5 nitrogen and oxygen atoms in total. The van der Waals surface area contributed by atoms with E-state index in [1.165, 1.54) is 12.4 Å². The van der Waals surface area contributed by atoms with Gasteiger partial charge in [0.2, 0.25) is 0 Å². The van der Waals surface area contributed by atoms with Gasteiger partial charge in [-0.1, -0.05) is 11.6 Å². The van der Waals surface area contributed by atoms with E-state index in [0.29, 0.717) is 18.8 Å². The highest BCUT2D eigenvalue weighted by atomic mass is 35.5.